The van der Waals surface area contributed by atoms with E-state index >= 15 is 0 Å². The molecule has 1 amide bonds. The monoisotopic (exact) mass is 252 g/mol. The van der Waals surface area contributed by atoms with E-state index in [9.17, 15) is 4.79 Å². The molecule has 0 bridgehead atoms. The first-order valence-corrected chi connectivity index (χ1v) is 6.34. The number of carbonyl (C=O) groups is 1. The van der Waals surface area contributed by atoms with Crippen LogP contribution in [0, 0.1) is 5.92 Å². The molecular weight excluding hydrogens is 232 g/mol. The molecule has 2 unspecified atom stereocenters. The minimum Gasteiger partial charge on any atom is -0.340 e. The highest BCUT2D eigenvalue weighted by atomic mass is 35.5. The summed E-state index contributed by atoms with van der Waals surface area (Å²) in [5.74, 6) is 1.28. The van der Waals surface area contributed by atoms with Crippen LogP contribution in [0.1, 0.15) is 20.3 Å². The van der Waals surface area contributed by atoms with Crippen LogP contribution in [0.15, 0.2) is 0 Å². The van der Waals surface area contributed by atoms with Gasteiger partial charge in [-0.1, -0.05) is 13.8 Å². The summed E-state index contributed by atoms with van der Waals surface area (Å²) in [6.07, 6.45) is 1.14. The van der Waals surface area contributed by atoms with Crippen molar-refractivity contribution in [2.75, 3.05) is 25.4 Å². The molecule has 0 spiro atoms. The van der Waals surface area contributed by atoms with Gasteiger partial charge in [-0.25, -0.2) is 0 Å². The molecule has 5 heteroatoms. The fourth-order valence-corrected chi connectivity index (χ4v) is 2.76. The van der Waals surface area contributed by atoms with Gasteiger partial charge < -0.3 is 10.6 Å². The van der Waals surface area contributed by atoms with Gasteiger partial charge in [0.25, 0.3) is 0 Å². The molecule has 90 valence electrons. The van der Waals surface area contributed by atoms with E-state index in [0.717, 1.165) is 25.3 Å². The Balaban J connectivity index is 0.00000196. The van der Waals surface area contributed by atoms with Crippen molar-refractivity contribution in [3.63, 3.8) is 0 Å². The Kier molecular flexibility index (Phi) is 7.40. The molecule has 1 fully saturated rings. The van der Waals surface area contributed by atoms with Crippen LogP contribution in [0.3, 0.4) is 0 Å². The molecule has 2 N–H and O–H groups in total. The lowest BCUT2D eigenvalue weighted by Crippen LogP contribution is -2.45. The molecule has 0 aromatic rings. The largest absolute Gasteiger partial charge is 0.340 e. The normalized spacial score (nSPS) is 23.1. The Morgan fingerprint density at radius 2 is 2.33 bits per heavy atom. The number of hydrogen-bond acceptors (Lipinski definition) is 3. The van der Waals surface area contributed by atoms with E-state index in [2.05, 4.69) is 6.92 Å². The summed E-state index contributed by atoms with van der Waals surface area (Å²) in [4.78, 5) is 13.8. The zero-order chi connectivity index (χ0) is 10.6. The predicted octanol–water partition coefficient (Wildman–Crippen LogP) is 1.36. The molecular formula is C10H21ClN2OS. The van der Waals surface area contributed by atoms with Gasteiger partial charge in [0, 0.05) is 36.6 Å². The van der Waals surface area contributed by atoms with Crippen LogP contribution >= 0.6 is 24.2 Å². The summed E-state index contributed by atoms with van der Waals surface area (Å²) in [6, 6.07) is 0. The van der Waals surface area contributed by atoms with Gasteiger partial charge in [0.15, 0.2) is 0 Å². The van der Waals surface area contributed by atoms with Crippen LogP contribution in [0.5, 0.6) is 0 Å². The third-order valence-electron chi connectivity index (χ3n) is 2.68. The molecule has 0 saturated carbocycles. The Morgan fingerprint density at radius 3 is 2.87 bits per heavy atom. The molecule has 0 aromatic carbocycles. The first kappa shape index (κ1) is 15.1. The summed E-state index contributed by atoms with van der Waals surface area (Å²) in [5, 5.41) is 0.623. The van der Waals surface area contributed by atoms with Gasteiger partial charge in [-0.2, -0.15) is 11.8 Å². The zero-order valence-electron chi connectivity index (χ0n) is 9.44. The van der Waals surface area contributed by atoms with E-state index in [-0.39, 0.29) is 24.2 Å². The quantitative estimate of drug-likeness (QED) is 0.825. The van der Waals surface area contributed by atoms with Gasteiger partial charge in [-0.05, 0) is 6.42 Å². The smallest absolute Gasteiger partial charge is 0.226 e. The highest BCUT2D eigenvalue weighted by Gasteiger charge is 2.25. The predicted molar refractivity (Wildman–Crippen MR) is 68.6 cm³/mol. The van der Waals surface area contributed by atoms with E-state index in [1.54, 1.807) is 0 Å². The van der Waals surface area contributed by atoms with Crippen LogP contribution < -0.4 is 5.73 Å². The minimum atomic E-state index is -0.0180. The summed E-state index contributed by atoms with van der Waals surface area (Å²) < 4.78 is 0. The number of amides is 1. The molecule has 1 aliphatic heterocycles. The molecule has 1 aliphatic rings. The Bertz CT molecular complexity index is 204. The highest BCUT2D eigenvalue weighted by molar-refractivity contribution is 8.00. The minimum absolute atomic E-state index is 0. The lowest BCUT2D eigenvalue weighted by atomic mass is 10.1. The molecule has 1 heterocycles. The average molecular weight is 253 g/mol. The molecule has 15 heavy (non-hydrogen) atoms. The molecule has 1 saturated heterocycles. The number of nitrogens with two attached hydrogens (primary N) is 1. The number of hydrogen-bond donors (Lipinski definition) is 1. The Hall–Kier alpha value is 0.0700. The number of carbonyl (C=O) groups excluding carboxylic acids is 1. The van der Waals surface area contributed by atoms with Gasteiger partial charge in [-0.3, -0.25) is 4.79 Å². The van der Waals surface area contributed by atoms with E-state index in [1.807, 2.05) is 23.6 Å². The Labute approximate surface area is 103 Å². The van der Waals surface area contributed by atoms with Crippen molar-refractivity contribution in [2.24, 2.45) is 11.7 Å². The summed E-state index contributed by atoms with van der Waals surface area (Å²) in [6.45, 7) is 6.34. The number of halogens is 1. The van der Waals surface area contributed by atoms with Crippen molar-refractivity contribution < 1.29 is 4.79 Å². The molecule has 0 radical (unpaired) electrons. The van der Waals surface area contributed by atoms with Gasteiger partial charge >= 0.3 is 0 Å². The van der Waals surface area contributed by atoms with Crippen LogP contribution in [-0.2, 0) is 4.79 Å². The molecule has 2 atom stereocenters. The average Bonchev–Trinajstić information content (AvgIpc) is 2.27. The zero-order valence-corrected chi connectivity index (χ0v) is 11.1. The van der Waals surface area contributed by atoms with Crippen molar-refractivity contribution in [1.82, 2.24) is 4.90 Å². The van der Waals surface area contributed by atoms with Crippen LogP contribution in [-0.4, -0.2) is 41.4 Å². The topological polar surface area (TPSA) is 46.3 Å². The van der Waals surface area contributed by atoms with Gasteiger partial charge in [0.1, 0.15) is 0 Å². The highest BCUT2D eigenvalue weighted by Crippen LogP contribution is 2.21. The van der Waals surface area contributed by atoms with Crippen molar-refractivity contribution in [2.45, 2.75) is 25.5 Å². The molecule has 3 nitrogen and oxygen atoms in total. The lowest BCUT2D eigenvalue weighted by Gasteiger charge is -2.33. The first-order chi connectivity index (χ1) is 6.69. The summed E-state index contributed by atoms with van der Waals surface area (Å²) in [5.41, 5.74) is 5.49. The number of thioether (sulfide) groups is 1. The maximum atomic E-state index is 11.8. The first-order valence-electron chi connectivity index (χ1n) is 5.29. The Morgan fingerprint density at radius 1 is 1.67 bits per heavy atom. The second-order valence-corrected chi connectivity index (χ2v) is 5.23. The third-order valence-corrected chi connectivity index (χ3v) is 4.05. The fourth-order valence-electron chi connectivity index (χ4n) is 1.58. The lowest BCUT2D eigenvalue weighted by molar-refractivity contribution is -0.134. The third kappa shape index (κ3) is 4.21. The second-order valence-electron chi connectivity index (χ2n) is 3.82. The fraction of sp³-hybridized carbons (Fsp3) is 0.900. The van der Waals surface area contributed by atoms with Crippen molar-refractivity contribution in [1.29, 1.82) is 0 Å². The molecule has 0 aliphatic carbocycles. The standard InChI is InChI=1S/C10H20N2OS.ClH/c1-3-9-7-12(4-5-14-9)10(13)8(2)6-11;/h8-9H,3-7,11H2,1-2H3;1H. The summed E-state index contributed by atoms with van der Waals surface area (Å²) in [7, 11) is 0. The van der Waals surface area contributed by atoms with E-state index in [1.165, 1.54) is 0 Å². The molecule has 1 rings (SSSR count). The van der Waals surface area contributed by atoms with Gasteiger partial charge in [-0.15, -0.1) is 12.4 Å². The summed E-state index contributed by atoms with van der Waals surface area (Å²) >= 11 is 1.98. The SMILES string of the molecule is CCC1CN(C(=O)C(C)CN)CCS1.Cl. The number of nitrogens with zero attached hydrogens (tertiary/aromatic N) is 1. The van der Waals surface area contributed by atoms with E-state index < -0.39 is 0 Å². The molecule has 0 aromatic heterocycles. The van der Waals surface area contributed by atoms with E-state index in [0.29, 0.717) is 11.8 Å². The van der Waals surface area contributed by atoms with Gasteiger partial charge in [0.05, 0.1) is 0 Å². The van der Waals surface area contributed by atoms with Crippen LogP contribution in [0.25, 0.3) is 0 Å². The maximum Gasteiger partial charge on any atom is 0.226 e. The van der Waals surface area contributed by atoms with Crippen molar-refractivity contribution in [3.8, 4) is 0 Å². The van der Waals surface area contributed by atoms with Gasteiger partial charge in [0.2, 0.25) is 5.91 Å². The van der Waals surface area contributed by atoms with E-state index in [4.69, 9.17) is 5.73 Å². The van der Waals surface area contributed by atoms with Crippen molar-refractivity contribution >= 4 is 30.1 Å². The number of rotatable bonds is 3. The second kappa shape index (κ2) is 7.36. The maximum absolute atomic E-state index is 11.8. The van der Waals surface area contributed by atoms with Crippen LogP contribution in [0.2, 0.25) is 0 Å². The van der Waals surface area contributed by atoms with Crippen molar-refractivity contribution in [3.05, 3.63) is 0 Å². The van der Waals surface area contributed by atoms with Crippen LogP contribution in [0.4, 0.5) is 0 Å².